The number of aryl methyl sites for hydroxylation is 1. The third kappa shape index (κ3) is 4.22. The minimum atomic E-state index is -0.217. The molecule has 0 aliphatic carbocycles. The monoisotopic (exact) mass is 404 g/mol. The smallest absolute Gasteiger partial charge is 0.230 e. The second-order valence-corrected chi connectivity index (χ2v) is 6.53. The first-order valence-corrected chi connectivity index (χ1v) is 9.45. The summed E-state index contributed by atoms with van der Waals surface area (Å²) in [5, 5.41) is 7.41. The highest BCUT2D eigenvalue weighted by Gasteiger charge is 2.13. The van der Waals surface area contributed by atoms with Crippen LogP contribution in [0.3, 0.4) is 0 Å². The van der Waals surface area contributed by atoms with Gasteiger partial charge in [0, 0.05) is 41.9 Å². The number of amides is 1. The SMILES string of the molecule is CCc1cc(NC(=O)Cc2ccc(Oc3ccnc4cnccc34)cc2OC)no1. The van der Waals surface area contributed by atoms with E-state index in [9.17, 15) is 4.79 Å². The largest absolute Gasteiger partial charge is 0.496 e. The lowest BCUT2D eigenvalue weighted by Gasteiger charge is -2.12. The molecule has 0 radical (unpaired) electrons. The maximum absolute atomic E-state index is 12.4. The normalized spacial score (nSPS) is 10.7. The van der Waals surface area contributed by atoms with Gasteiger partial charge >= 0.3 is 0 Å². The van der Waals surface area contributed by atoms with Crippen molar-refractivity contribution in [2.24, 2.45) is 0 Å². The van der Waals surface area contributed by atoms with Gasteiger partial charge in [-0.2, -0.15) is 0 Å². The van der Waals surface area contributed by atoms with Crippen LogP contribution in [0, 0.1) is 0 Å². The summed E-state index contributed by atoms with van der Waals surface area (Å²) in [6.07, 6.45) is 5.88. The van der Waals surface area contributed by atoms with Crippen molar-refractivity contribution in [1.29, 1.82) is 0 Å². The number of carbonyl (C=O) groups is 1. The average Bonchev–Trinajstić information content (AvgIpc) is 3.22. The Hall–Kier alpha value is -3.94. The van der Waals surface area contributed by atoms with Gasteiger partial charge in [-0.15, -0.1) is 0 Å². The molecule has 8 heteroatoms. The Morgan fingerprint density at radius 2 is 2.03 bits per heavy atom. The molecule has 4 aromatic rings. The molecule has 1 amide bonds. The Morgan fingerprint density at radius 1 is 1.13 bits per heavy atom. The molecule has 0 saturated heterocycles. The van der Waals surface area contributed by atoms with Crippen molar-refractivity contribution in [3.63, 3.8) is 0 Å². The van der Waals surface area contributed by atoms with E-state index < -0.39 is 0 Å². The summed E-state index contributed by atoms with van der Waals surface area (Å²) in [4.78, 5) is 20.7. The molecule has 0 aliphatic rings. The Balaban J connectivity index is 1.50. The molecule has 0 atom stereocenters. The van der Waals surface area contributed by atoms with E-state index in [2.05, 4.69) is 20.4 Å². The Labute approximate surface area is 172 Å². The highest BCUT2D eigenvalue weighted by atomic mass is 16.5. The van der Waals surface area contributed by atoms with Crippen molar-refractivity contribution in [2.45, 2.75) is 19.8 Å². The van der Waals surface area contributed by atoms with Crippen LogP contribution in [0.5, 0.6) is 17.2 Å². The fourth-order valence-electron chi connectivity index (χ4n) is 3.02. The van der Waals surface area contributed by atoms with E-state index in [1.807, 2.05) is 13.0 Å². The molecule has 1 N–H and O–H groups in total. The Kier molecular flexibility index (Phi) is 5.56. The van der Waals surface area contributed by atoms with E-state index in [1.54, 1.807) is 56.0 Å². The van der Waals surface area contributed by atoms with Gasteiger partial charge in [-0.25, -0.2) is 0 Å². The number of aromatic nitrogens is 3. The maximum atomic E-state index is 12.4. The number of carbonyl (C=O) groups excluding carboxylic acids is 1. The van der Waals surface area contributed by atoms with Crippen LogP contribution < -0.4 is 14.8 Å². The summed E-state index contributed by atoms with van der Waals surface area (Å²) in [7, 11) is 1.55. The van der Waals surface area contributed by atoms with Crippen molar-refractivity contribution < 1.29 is 18.8 Å². The van der Waals surface area contributed by atoms with Crippen LogP contribution in [-0.4, -0.2) is 28.1 Å². The number of pyridine rings is 2. The molecular formula is C22H20N4O4. The zero-order valence-corrected chi connectivity index (χ0v) is 16.6. The number of benzene rings is 1. The van der Waals surface area contributed by atoms with E-state index in [0.29, 0.717) is 35.2 Å². The number of rotatable bonds is 7. The Morgan fingerprint density at radius 3 is 2.83 bits per heavy atom. The van der Waals surface area contributed by atoms with E-state index in [1.165, 1.54) is 0 Å². The van der Waals surface area contributed by atoms with Crippen LogP contribution in [0.15, 0.2) is 59.5 Å². The lowest BCUT2D eigenvalue weighted by Crippen LogP contribution is -2.15. The van der Waals surface area contributed by atoms with Crippen molar-refractivity contribution in [3.05, 3.63) is 66.3 Å². The number of nitrogens with zero attached hydrogens (tertiary/aromatic N) is 3. The molecule has 0 fully saturated rings. The molecular weight excluding hydrogens is 384 g/mol. The summed E-state index contributed by atoms with van der Waals surface area (Å²) < 4.78 is 16.6. The van der Waals surface area contributed by atoms with E-state index in [4.69, 9.17) is 14.0 Å². The number of hydrogen-bond donors (Lipinski definition) is 1. The number of ether oxygens (including phenoxy) is 2. The fraction of sp³-hybridized carbons (Fsp3) is 0.182. The molecule has 30 heavy (non-hydrogen) atoms. The van der Waals surface area contributed by atoms with Crippen molar-refractivity contribution in [2.75, 3.05) is 12.4 Å². The molecule has 8 nitrogen and oxygen atoms in total. The zero-order chi connectivity index (χ0) is 20.9. The summed E-state index contributed by atoms with van der Waals surface area (Å²) in [5.41, 5.74) is 1.47. The van der Waals surface area contributed by atoms with Gasteiger partial charge in [0.05, 0.1) is 25.2 Å². The molecule has 3 aromatic heterocycles. The predicted molar refractivity (Wildman–Crippen MR) is 111 cm³/mol. The van der Waals surface area contributed by atoms with Crippen LogP contribution in [0.25, 0.3) is 10.9 Å². The lowest BCUT2D eigenvalue weighted by atomic mass is 10.1. The molecule has 3 heterocycles. The Bertz CT molecular complexity index is 1180. The van der Waals surface area contributed by atoms with E-state index in [-0.39, 0.29) is 12.3 Å². The van der Waals surface area contributed by atoms with Gasteiger partial charge in [0.25, 0.3) is 0 Å². The standard InChI is InChI=1S/C22H20N4O4/c1-3-15-12-21(26-30-15)25-22(27)10-14-4-5-16(11-20(14)28-2)29-19-7-9-24-18-13-23-8-6-17(18)19/h4-9,11-13H,3,10H2,1-2H3,(H,25,26,27). The van der Waals surface area contributed by atoms with Gasteiger partial charge in [0.1, 0.15) is 23.0 Å². The van der Waals surface area contributed by atoms with Gasteiger partial charge in [0.2, 0.25) is 5.91 Å². The minimum absolute atomic E-state index is 0.127. The average molecular weight is 404 g/mol. The van der Waals surface area contributed by atoms with Crippen molar-refractivity contribution in [1.82, 2.24) is 15.1 Å². The van der Waals surface area contributed by atoms with Crippen LogP contribution in [0.2, 0.25) is 0 Å². The van der Waals surface area contributed by atoms with Gasteiger partial charge in [-0.1, -0.05) is 18.1 Å². The molecule has 0 bridgehead atoms. The molecule has 0 spiro atoms. The van der Waals surface area contributed by atoms with Gasteiger partial charge in [-0.3, -0.25) is 14.8 Å². The number of methoxy groups -OCH3 is 1. The number of hydrogen-bond acceptors (Lipinski definition) is 7. The molecule has 0 unspecified atom stereocenters. The maximum Gasteiger partial charge on any atom is 0.230 e. The summed E-state index contributed by atoms with van der Waals surface area (Å²) in [6, 6.07) is 10.7. The van der Waals surface area contributed by atoms with Crippen molar-refractivity contribution in [3.8, 4) is 17.2 Å². The summed E-state index contributed by atoms with van der Waals surface area (Å²) in [5.74, 6) is 2.69. The quantitative estimate of drug-likeness (QED) is 0.494. The summed E-state index contributed by atoms with van der Waals surface area (Å²) in [6.45, 7) is 1.95. The zero-order valence-electron chi connectivity index (χ0n) is 16.6. The number of nitrogens with one attached hydrogen (secondary N) is 1. The molecule has 0 aliphatic heterocycles. The number of anilines is 1. The van der Waals surface area contributed by atoms with Gasteiger partial charge < -0.3 is 19.3 Å². The topological polar surface area (TPSA) is 99.4 Å². The highest BCUT2D eigenvalue weighted by molar-refractivity contribution is 5.91. The first-order valence-electron chi connectivity index (χ1n) is 9.45. The van der Waals surface area contributed by atoms with E-state index in [0.717, 1.165) is 16.5 Å². The lowest BCUT2D eigenvalue weighted by molar-refractivity contribution is -0.115. The molecule has 1 aromatic carbocycles. The first kappa shape index (κ1) is 19.4. The number of fused-ring (bicyclic) bond motifs is 1. The molecule has 152 valence electrons. The second-order valence-electron chi connectivity index (χ2n) is 6.53. The molecule has 0 saturated carbocycles. The van der Waals surface area contributed by atoms with E-state index >= 15 is 0 Å². The fourth-order valence-corrected chi connectivity index (χ4v) is 3.02. The summed E-state index contributed by atoms with van der Waals surface area (Å²) >= 11 is 0. The molecule has 4 rings (SSSR count). The van der Waals surface area contributed by atoms with Crippen LogP contribution >= 0.6 is 0 Å². The third-order valence-corrected chi connectivity index (χ3v) is 4.52. The highest BCUT2D eigenvalue weighted by Crippen LogP contribution is 2.32. The van der Waals surface area contributed by atoms with Crippen LogP contribution in [0.1, 0.15) is 18.2 Å². The third-order valence-electron chi connectivity index (χ3n) is 4.52. The van der Waals surface area contributed by atoms with Crippen LogP contribution in [0.4, 0.5) is 5.82 Å². The van der Waals surface area contributed by atoms with Crippen molar-refractivity contribution >= 4 is 22.6 Å². The first-order chi connectivity index (χ1) is 14.7. The minimum Gasteiger partial charge on any atom is -0.496 e. The van der Waals surface area contributed by atoms with Crippen LogP contribution in [-0.2, 0) is 17.6 Å². The van der Waals surface area contributed by atoms with Gasteiger partial charge in [-0.05, 0) is 18.2 Å². The second kappa shape index (κ2) is 8.60. The predicted octanol–water partition coefficient (Wildman–Crippen LogP) is 4.16. The van der Waals surface area contributed by atoms with Gasteiger partial charge in [0.15, 0.2) is 5.82 Å².